The molecule has 1 aromatic carbocycles. The minimum Gasteiger partial charge on any atom is -0.461 e. The van der Waals surface area contributed by atoms with Gasteiger partial charge in [-0.2, -0.15) is 10.2 Å². The second-order valence-electron chi connectivity index (χ2n) is 8.60. The number of carbonyl (C=O) groups is 1. The van der Waals surface area contributed by atoms with Crippen molar-refractivity contribution in [1.82, 2.24) is 25.3 Å². The lowest BCUT2D eigenvalue weighted by molar-refractivity contribution is -0.230. The Morgan fingerprint density at radius 2 is 2.00 bits per heavy atom. The monoisotopic (exact) mass is 480 g/mol. The Labute approximate surface area is 201 Å². The molecule has 4 rings (SSSR count). The summed E-state index contributed by atoms with van der Waals surface area (Å²) in [5.41, 5.74) is 1.30. The summed E-state index contributed by atoms with van der Waals surface area (Å²) in [5, 5.41) is 11.2. The van der Waals surface area contributed by atoms with Crippen LogP contribution in [-0.4, -0.2) is 51.7 Å². The van der Waals surface area contributed by atoms with Crippen molar-refractivity contribution in [3.63, 3.8) is 0 Å². The van der Waals surface area contributed by atoms with Crippen LogP contribution in [0.5, 0.6) is 6.01 Å². The number of H-pyrrole nitrogens is 1. The van der Waals surface area contributed by atoms with Crippen LogP contribution in [-0.2, 0) is 14.3 Å². The van der Waals surface area contributed by atoms with Crippen LogP contribution >= 0.6 is 0 Å². The lowest BCUT2D eigenvalue weighted by atomic mass is 9.91. The van der Waals surface area contributed by atoms with E-state index in [-0.39, 0.29) is 43.6 Å². The molecule has 0 radical (unpaired) electrons. The summed E-state index contributed by atoms with van der Waals surface area (Å²) < 4.78 is 30.9. The number of hydrogen-bond acceptors (Lipinski definition) is 8. The Hall–Kier alpha value is -3.88. The molecule has 1 amide bonds. The highest BCUT2D eigenvalue weighted by Crippen LogP contribution is 2.35. The molecule has 0 bridgehead atoms. The van der Waals surface area contributed by atoms with Crippen LogP contribution in [0.25, 0.3) is 22.6 Å². The van der Waals surface area contributed by atoms with Gasteiger partial charge in [0.05, 0.1) is 47.9 Å². The van der Waals surface area contributed by atoms with Gasteiger partial charge < -0.3 is 24.5 Å². The number of imidazole rings is 1. The van der Waals surface area contributed by atoms with E-state index in [4.69, 9.17) is 19.5 Å². The first-order valence-corrected chi connectivity index (χ1v) is 11.0. The topological polar surface area (TPSA) is 135 Å². The fourth-order valence-electron chi connectivity index (χ4n) is 3.48. The molecule has 2 aromatic heterocycles. The van der Waals surface area contributed by atoms with Crippen molar-refractivity contribution in [2.24, 2.45) is 5.41 Å². The molecule has 2 N–H and O–H groups in total. The highest BCUT2D eigenvalue weighted by Gasteiger charge is 2.40. The van der Waals surface area contributed by atoms with E-state index in [2.05, 4.69) is 25.3 Å². The number of rotatable bonds is 7. The molecule has 0 spiro atoms. The number of nitrogens with zero attached hydrogens (tertiary/aromatic N) is 4. The van der Waals surface area contributed by atoms with Gasteiger partial charge in [-0.15, -0.1) is 0 Å². The molecule has 1 saturated heterocycles. The molecular formula is C24H25FN6O4. The van der Waals surface area contributed by atoms with Gasteiger partial charge in [0, 0.05) is 11.8 Å². The van der Waals surface area contributed by atoms with Gasteiger partial charge in [0.25, 0.3) is 0 Å². The second-order valence-corrected chi connectivity index (χ2v) is 8.60. The van der Waals surface area contributed by atoms with Crippen LogP contribution in [0.15, 0.2) is 36.5 Å². The standard InChI is InChI=1S/C24H25FN6O4/c1-14(2)35-23-28-10-8-17(29-23)19-18(15-4-6-16(25)7-5-15)30-20(31-19)21-33-12-24(3,13-34-21)22(32)27-11-9-26/h4-8,10,14,21H,11-13H2,1-3H3,(H,27,32)(H,30,31). The fourth-order valence-corrected chi connectivity index (χ4v) is 3.48. The molecule has 0 unspecified atom stereocenters. The zero-order chi connectivity index (χ0) is 25.0. The van der Waals surface area contributed by atoms with Gasteiger partial charge in [0.1, 0.15) is 12.4 Å². The zero-order valence-corrected chi connectivity index (χ0v) is 19.5. The number of benzene rings is 1. The molecule has 0 atom stereocenters. The van der Waals surface area contributed by atoms with Crippen molar-refractivity contribution in [3.05, 3.63) is 48.2 Å². The SMILES string of the molecule is CC(C)Oc1nccc(-c2[nH]c(C3OCC(C)(C(=O)NCC#N)CO3)nc2-c2ccc(F)cc2)n1. The Kier molecular flexibility index (Phi) is 7.04. The number of aromatic amines is 1. The summed E-state index contributed by atoms with van der Waals surface area (Å²) in [6.45, 7) is 5.49. The summed E-state index contributed by atoms with van der Waals surface area (Å²) in [4.78, 5) is 28.9. The van der Waals surface area contributed by atoms with E-state index in [1.54, 1.807) is 31.3 Å². The molecule has 1 aliphatic heterocycles. The largest absolute Gasteiger partial charge is 0.461 e. The van der Waals surface area contributed by atoms with Gasteiger partial charge in [-0.25, -0.2) is 14.4 Å². The minimum atomic E-state index is -0.946. The first-order valence-electron chi connectivity index (χ1n) is 11.0. The van der Waals surface area contributed by atoms with Crippen molar-refractivity contribution in [2.45, 2.75) is 33.2 Å². The van der Waals surface area contributed by atoms with Crippen LogP contribution in [0, 0.1) is 22.6 Å². The molecular weight excluding hydrogens is 455 g/mol. The second kappa shape index (κ2) is 10.2. The van der Waals surface area contributed by atoms with E-state index in [0.717, 1.165) is 0 Å². The van der Waals surface area contributed by atoms with Gasteiger partial charge in [0.15, 0.2) is 5.82 Å². The summed E-state index contributed by atoms with van der Waals surface area (Å²) in [5.74, 6) is -0.333. The van der Waals surface area contributed by atoms with Crippen molar-refractivity contribution >= 4 is 5.91 Å². The van der Waals surface area contributed by atoms with E-state index in [1.807, 2.05) is 19.9 Å². The fraction of sp³-hybridized carbons (Fsp3) is 0.375. The predicted molar refractivity (Wildman–Crippen MR) is 122 cm³/mol. The first kappa shape index (κ1) is 24.3. The number of hydrogen-bond donors (Lipinski definition) is 2. The zero-order valence-electron chi connectivity index (χ0n) is 19.5. The maximum Gasteiger partial charge on any atom is 0.317 e. The van der Waals surface area contributed by atoms with Crippen LogP contribution in [0.2, 0.25) is 0 Å². The number of aromatic nitrogens is 4. The third-order valence-corrected chi connectivity index (χ3v) is 5.28. The van der Waals surface area contributed by atoms with Gasteiger partial charge >= 0.3 is 6.01 Å². The van der Waals surface area contributed by atoms with E-state index in [9.17, 15) is 9.18 Å². The molecule has 182 valence electrons. The summed E-state index contributed by atoms with van der Waals surface area (Å²) in [6.07, 6.45) is 0.601. The Bertz CT molecular complexity index is 1230. The number of ether oxygens (including phenoxy) is 3. The highest BCUT2D eigenvalue weighted by molar-refractivity contribution is 5.82. The Morgan fingerprint density at radius 3 is 2.66 bits per heavy atom. The number of carbonyl (C=O) groups excluding carboxylic acids is 1. The number of nitrogens with one attached hydrogen (secondary N) is 2. The third-order valence-electron chi connectivity index (χ3n) is 5.28. The molecule has 10 nitrogen and oxygen atoms in total. The number of amides is 1. The van der Waals surface area contributed by atoms with E-state index in [1.165, 1.54) is 12.1 Å². The molecule has 0 saturated carbocycles. The molecule has 1 fully saturated rings. The van der Waals surface area contributed by atoms with E-state index < -0.39 is 11.7 Å². The quantitative estimate of drug-likeness (QED) is 0.493. The Morgan fingerprint density at radius 1 is 1.29 bits per heavy atom. The van der Waals surface area contributed by atoms with Crippen molar-refractivity contribution in [3.8, 4) is 34.7 Å². The maximum absolute atomic E-state index is 13.6. The van der Waals surface area contributed by atoms with Crippen LogP contribution in [0.1, 0.15) is 32.9 Å². The van der Waals surface area contributed by atoms with Gasteiger partial charge in [0.2, 0.25) is 12.2 Å². The molecule has 35 heavy (non-hydrogen) atoms. The van der Waals surface area contributed by atoms with Gasteiger partial charge in [-0.1, -0.05) is 0 Å². The van der Waals surface area contributed by atoms with E-state index >= 15 is 0 Å². The lowest BCUT2D eigenvalue weighted by Crippen LogP contribution is -2.48. The third kappa shape index (κ3) is 5.45. The predicted octanol–water partition coefficient (Wildman–Crippen LogP) is 3.15. The van der Waals surface area contributed by atoms with Crippen LogP contribution < -0.4 is 10.1 Å². The maximum atomic E-state index is 13.6. The molecule has 11 heteroatoms. The molecule has 1 aliphatic rings. The number of halogens is 1. The lowest BCUT2D eigenvalue weighted by Gasteiger charge is -2.35. The summed E-state index contributed by atoms with van der Waals surface area (Å²) >= 11 is 0. The summed E-state index contributed by atoms with van der Waals surface area (Å²) in [6, 6.07) is 9.72. The van der Waals surface area contributed by atoms with E-state index in [0.29, 0.717) is 28.5 Å². The first-order chi connectivity index (χ1) is 16.8. The van der Waals surface area contributed by atoms with Gasteiger partial charge in [-0.05, 0) is 51.1 Å². The average Bonchev–Trinajstić information content (AvgIpc) is 3.28. The van der Waals surface area contributed by atoms with Crippen LogP contribution in [0.4, 0.5) is 4.39 Å². The highest BCUT2D eigenvalue weighted by atomic mass is 19.1. The minimum absolute atomic E-state index is 0.0662. The summed E-state index contributed by atoms with van der Waals surface area (Å²) in [7, 11) is 0. The number of nitriles is 1. The molecule has 3 aromatic rings. The smallest absolute Gasteiger partial charge is 0.317 e. The van der Waals surface area contributed by atoms with Crippen molar-refractivity contribution < 1.29 is 23.4 Å². The molecule has 0 aliphatic carbocycles. The average molecular weight is 481 g/mol. The van der Waals surface area contributed by atoms with Crippen molar-refractivity contribution in [2.75, 3.05) is 19.8 Å². The molecule has 3 heterocycles. The Balaban J connectivity index is 1.64. The van der Waals surface area contributed by atoms with Crippen molar-refractivity contribution in [1.29, 1.82) is 5.26 Å². The van der Waals surface area contributed by atoms with Gasteiger partial charge in [-0.3, -0.25) is 4.79 Å². The van der Waals surface area contributed by atoms with Crippen LogP contribution in [0.3, 0.4) is 0 Å². The normalized spacial score (nSPS) is 19.8.